The van der Waals surface area contributed by atoms with Crippen LogP contribution < -0.4 is 11.3 Å². The second-order valence-corrected chi connectivity index (χ2v) is 4.60. The number of hydrogen-bond donors (Lipinski definition) is 2. The van der Waals surface area contributed by atoms with Crippen LogP contribution in [0.15, 0.2) is 36.4 Å². The Hall–Kier alpha value is -1.78. The van der Waals surface area contributed by atoms with E-state index in [0.717, 1.165) is 11.1 Å². The molecule has 0 aliphatic carbocycles. The van der Waals surface area contributed by atoms with Gasteiger partial charge in [0.05, 0.1) is 6.04 Å². The largest absolute Gasteiger partial charge is 0.271 e. The molecule has 3 N–H and O–H groups in total. The van der Waals surface area contributed by atoms with Crippen LogP contribution in [-0.2, 0) is 0 Å². The minimum atomic E-state index is -0.707. The summed E-state index contributed by atoms with van der Waals surface area (Å²) in [7, 11) is 0. The maximum atomic E-state index is 14.1. The summed E-state index contributed by atoms with van der Waals surface area (Å²) in [6.07, 6.45) is 0. The third-order valence-electron chi connectivity index (χ3n) is 3.15. The van der Waals surface area contributed by atoms with Gasteiger partial charge in [-0.3, -0.25) is 5.84 Å². The lowest BCUT2D eigenvalue weighted by Gasteiger charge is -2.20. The predicted octanol–water partition coefficient (Wildman–Crippen LogP) is 3.13. The fraction of sp³-hybridized carbons (Fsp3) is 0.200. The van der Waals surface area contributed by atoms with Crippen LogP contribution in [0.5, 0.6) is 0 Å². The van der Waals surface area contributed by atoms with Crippen molar-refractivity contribution in [1.29, 1.82) is 0 Å². The molecule has 100 valence electrons. The molecular weight excluding hydrogens is 246 g/mol. The van der Waals surface area contributed by atoms with Gasteiger partial charge in [-0.05, 0) is 37.1 Å². The van der Waals surface area contributed by atoms with Crippen LogP contribution >= 0.6 is 0 Å². The Labute approximate surface area is 111 Å². The van der Waals surface area contributed by atoms with Crippen LogP contribution in [0.25, 0.3) is 0 Å². The second-order valence-electron chi connectivity index (χ2n) is 4.60. The summed E-state index contributed by atoms with van der Waals surface area (Å²) in [5.74, 6) is 4.70. The molecule has 0 saturated heterocycles. The molecule has 2 rings (SSSR count). The van der Waals surface area contributed by atoms with Crippen molar-refractivity contribution in [3.8, 4) is 0 Å². The highest BCUT2D eigenvalue weighted by atomic mass is 19.1. The number of nitrogens with one attached hydrogen (secondary N) is 1. The molecule has 0 aliphatic rings. The molecule has 0 aliphatic heterocycles. The summed E-state index contributed by atoms with van der Waals surface area (Å²) < 4.78 is 28.0. The lowest BCUT2D eigenvalue weighted by Crippen LogP contribution is -2.30. The summed E-state index contributed by atoms with van der Waals surface area (Å²) in [4.78, 5) is 0. The second kappa shape index (κ2) is 5.47. The monoisotopic (exact) mass is 262 g/mol. The highest BCUT2D eigenvalue weighted by Gasteiger charge is 2.21. The highest BCUT2D eigenvalue weighted by Crippen LogP contribution is 2.29. The van der Waals surface area contributed by atoms with E-state index in [1.165, 1.54) is 12.1 Å². The molecular formula is C15H16F2N2. The number of benzene rings is 2. The van der Waals surface area contributed by atoms with Crippen LogP contribution in [0.4, 0.5) is 8.78 Å². The van der Waals surface area contributed by atoms with E-state index in [4.69, 9.17) is 5.84 Å². The van der Waals surface area contributed by atoms with Crippen LogP contribution in [0, 0.1) is 25.5 Å². The van der Waals surface area contributed by atoms with Gasteiger partial charge in [0.15, 0.2) is 0 Å². The van der Waals surface area contributed by atoms with Gasteiger partial charge in [0.2, 0.25) is 0 Å². The van der Waals surface area contributed by atoms with Gasteiger partial charge in [0.1, 0.15) is 11.6 Å². The molecule has 0 radical (unpaired) electrons. The summed E-state index contributed by atoms with van der Waals surface area (Å²) in [5, 5.41) is 0. The number of halogens is 2. The molecule has 0 aromatic heterocycles. The number of hydrazine groups is 1. The lowest BCUT2D eigenvalue weighted by molar-refractivity contribution is 0.528. The third kappa shape index (κ3) is 2.64. The van der Waals surface area contributed by atoms with Gasteiger partial charge in [-0.2, -0.15) is 0 Å². The van der Waals surface area contributed by atoms with Crippen molar-refractivity contribution in [1.82, 2.24) is 5.43 Å². The van der Waals surface area contributed by atoms with E-state index in [-0.39, 0.29) is 5.82 Å². The fourth-order valence-corrected chi connectivity index (χ4v) is 2.33. The van der Waals surface area contributed by atoms with Gasteiger partial charge in [-0.15, -0.1) is 0 Å². The molecule has 1 unspecified atom stereocenters. The minimum absolute atomic E-state index is 0.329. The molecule has 2 nitrogen and oxygen atoms in total. The van der Waals surface area contributed by atoms with E-state index in [0.29, 0.717) is 11.1 Å². The summed E-state index contributed by atoms with van der Waals surface area (Å²) in [6.45, 7) is 3.60. The minimum Gasteiger partial charge on any atom is -0.271 e. The summed E-state index contributed by atoms with van der Waals surface area (Å²) in [6, 6.07) is 8.79. The molecule has 4 heteroatoms. The van der Waals surface area contributed by atoms with Crippen LogP contribution in [-0.4, -0.2) is 0 Å². The number of hydrogen-bond acceptors (Lipinski definition) is 2. The molecule has 0 saturated carbocycles. The maximum absolute atomic E-state index is 14.1. The Morgan fingerprint density at radius 2 is 1.74 bits per heavy atom. The normalized spacial score (nSPS) is 12.5. The van der Waals surface area contributed by atoms with Crippen molar-refractivity contribution in [2.75, 3.05) is 0 Å². The van der Waals surface area contributed by atoms with E-state index in [1.54, 1.807) is 25.1 Å². The van der Waals surface area contributed by atoms with Crippen molar-refractivity contribution >= 4 is 0 Å². The fourth-order valence-electron chi connectivity index (χ4n) is 2.33. The Morgan fingerprint density at radius 3 is 2.32 bits per heavy atom. The highest BCUT2D eigenvalue weighted by molar-refractivity contribution is 5.40. The number of aryl methyl sites for hydroxylation is 2. The Morgan fingerprint density at radius 1 is 1.05 bits per heavy atom. The quantitative estimate of drug-likeness (QED) is 0.658. The zero-order valence-corrected chi connectivity index (χ0v) is 10.9. The van der Waals surface area contributed by atoms with Crippen molar-refractivity contribution in [2.24, 2.45) is 5.84 Å². The molecule has 1 atom stereocenters. The average Bonchev–Trinajstić information content (AvgIpc) is 2.34. The number of nitrogens with two attached hydrogens (primary N) is 1. The van der Waals surface area contributed by atoms with Crippen molar-refractivity contribution < 1.29 is 8.78 Å². The third-order valence-corrected chi connectivity index (χ3v) is 3.15. The molecule has 0 heterocycles. The summed E-state index contributed by atoms with van der Waals surface area (Å²) in [5.41, 5.74) is 4.76. The van der Waals surface area contributed by atoms with Gasteiger partial charge in [-0.25, -0.2) is 14.2 Å². The molecule has 2 aromatic carbocycles. The first-order chi connectivity index (χ1) is 9.04. The van der Waals surface area contributed by atoms with Crippen LogP contribution in [0.3, 0.4) is 0 Å². The zero-order chi connectivity index (χ0) is 14.0. The Kier molecular flexibility index (Phi) is 3.93. The Balaban J connectivity index is 2.58. The van der Waals surface area contributed by atoms with Gasteiger partial charge in [0, 0.05) is 11.1 Å². The number of rotatable bonds is 3. The molecule has 0 fully saturated rings. The first kappa shape index (κ1) is 13.6. The first-order valence-corrected chi connectivity index (χ1v) is 6.01. The van der Waals surface area contributed by atoms with Gasteiger partial charge < -0.3 is 0 Å². The van der Waals surface area contributed by atoms with Crippen LogP contribution in [0.1, 0.15) is 28.3 Å². The predicted molar refractivity (Wildman–Crippen MR) is 71.4 cm³/mol. The van der Waals surface area contributed by atoms with Crippen LogP contribution in [0.2, 0.25) is 0 Å². The molecule has 2 aromatic rings. The van der Waals surface area contributed by atoms with Crippen molar-refractivity contribution in [3.05, 3.63) is 70.3 Å². The van der Waals surface area contributed by atoms with E-state index in [1.807, 2.05) is 13.0 Å². The summed E-state index contributed by atoms with van der Waals surface area (Å²) >= 11 is 0. The van der Waals surface area contributed by atoms with Crippen molar-refractivity contribution in [3.63, 3.8) is 0 Å². The van der Waals surface area contributed by atoms with E-state index >= 15 is 0 Å². The average molecular weight is 262 g/mol. The van der Waals surface area contributed by atoms with Crippen molar-refractivity contribution in [2.45, 2.75) is 19.9 Å². The molecule has 0 bridgehead atoms. The molecule has 0 amide bonds. The molecule has 19 heavy (non-hydrogen) atoms. The first-order valence-electron chi connectivity index (χ1n) is 6.01. The SMILES string of the molecule is Cc1cc(C)c(C(NN)c2ccccc2F)c(F)c1. The van der Waals surface area contributed by atoms with Gasteiger partial charge in [-0.1, -0.05) is 24.3 Å². The molecule has 0 spiro atoms. The lowest BCUT2D eigenvalue weighted by atomic mass is 9.93. The topological polar surface area (TPSA) is 38.0 Å². The van der Waals surface area contributed by atoms with E-state index in [2.05, 4.69) is 5.43 Å². The Bertz CT molecular complexity index is 573. The maximum Gasteiger partial charge on any atom is 0.128 e. The van der Waals surface area contributed by atoms with Gasteiger partial charge in [0.25, 0.3) is 0 Å². The van der Waals surface area contributed by atoms with E-state index < -0.39 is 11.9 Å². The van der Waals surface area contributed by atoms with Gasteiger partial charge >= 0.3 is 0 Å². The zero-order valence-electron chi connectivity index (χ0n) is 10.9. The smallest absolute Gasteiger partial charge is 0.128 e. The van der Waals surface area contributed by atoms with E-state index in [9.17, 15) is 8.78 Å². The standard InChI is InChI=1S/C15H16F2N2/c1-9-7-10(2)14(13(17)8-9)15(19-18)11-5-3-4-6-12(11)16/h3-8,15,19H,18H2,1-2H3.